The summed E-state index contributed by atoms with van der Waals surface area (Å²) < 4.78 is 19.7. The SMILES string of the molecule is COC(=O)C=Cc1oc(=O)c(COC(=O)C=C(C)C)c(OC)c1CO. The van der Waals surface area contributed by atoms with Gasteiger partial charge < -0.3 is 23.7 Å². The maximum atomic E-state index is 12.2. The van der Waals surface area contributed by atoms with Crippen LogP contribution in [0.25, 0.3) is 6.08 Å². The van der Waals surface area contributed by atoms with E-state index in [1.807, 2.05) is 0 Å². The van der Waals surface area contributed by atoms with E-state index in [-0.39, 0.29) is 29.2 Å². The van der Waals surface area contributed by atoms with Crippen LogP contribution in [0.4, 0.5) is 0 Å². The van der Waals surface area contributed by atoms with Crippen LogP contribution in [0.15, 0.2) is 26.9 Å². The molecule has 0 saturated heterocycles. The molecule has 0 saturated carbocycles. The fourth-order valence-electron chi connectivity index (χ4n) is 1.90. The average Bonchev–Trinajstić information content (AvgIpc) is 2.56. The van der Waals surface area contributed by atoms with Crippen LogP contribution < -0.4 is 10.4 Å². The molecule has 0 amide bonds. The number of carbonyl (C=O) groups excluding carboxylic acids is 2. The first-order valence-electron chi connectivity index (χ1n) is 7.25. The number of rotatable bonds is 7. The molecule has 0 spiro atoms. The first-order valence-corrected chi connectivity index (χ1v) is 7.25. The van der Waals surface area contributed by atoms with Gasteiger partial charge in [-0.05, 0) is 19.9 Å². The first-order chi connectivity index (χ1) is 11.8. The summed E-state index contributed by atoms with van der Waals surface area (Å²) in [6.07, 6.45) is 3.49. The molecule has 0 aromatic carbocycles. The normalized spacial score (nSPS) is 10.4. The summed E-state index contributed by atoms with van der Waals surface area (Å²) in [5, 5.41) is 9.56. The van der Waals surface area contributed by atoms with Crippen LogP contribution in [-0.2, 0) is 32.3 Å². The van der Waals surface area contributed by atoms with Crippen LogP contribution in [0, 0.1) is 0 Å². The molecule has 136 valence electrons. The Bertz CT molecular complexity index is 751. The van der Waals surface area contributed by atoms with Crippen molar-refractivity contribution in [3.05, 3.63) is 45.0 Å². The summed E-state index contributed by atoms with van der Waals surface area (Å²) in [5.74, 6) is -1.32. The minimum absolute atomic E-state index is 0.0215. The minimum atomic E-state index is -0.816. The van der Waals surface area contributed by atoms with Crippen LogP contribution in [-0.4, -0.2) is 31.3 Å². The quantitative estimate of drug-likeness (QED) is 0.578. The maximum Gasteiger partial charge on any atom is 0.346 e. The largest absolute Gasteiger partial charge is 0.496 e. The number of allylic oxidation sites excluding steroid dienone is 1. The Labute approximate surface area is 144 Å². The highest BCUT2D eigenvalue weighted by Gasteiger charge is 2.20. The van der Waals surface area contributed by atoms with E-state index < -0.39 is 24.2 Å². The predicted molar refractivity (Wildman–Crippen MR) is 87.7 cm³/mol. The van der Waals surface area contributed by atoms with E-state index in [0.717, 1.165) is 11.6 Å². The van der Waals surface area contributed by atoms with Crippen molar-refractivity contribution in [1.29, 1.82) is 0 Å². The Morgan fingerprint density at radius 2 is 1.84 bits per heavy atom. The summed E-state index contributed by atoms with van der Waals surface area (Å²) in [6, 6.07) is 0. The molecule has 0 fully saturated rings. The van der Waals surface area contributed by atoms with Gasteiger partial charge >= 0.3 is 17.6 Å². The number of carbonyl (C=O) groups is 2. The summed E-state index contributed by atoms with van der Waals surface area (Å²) in [7, 11) is 2.49. The zero-order valence-corrected chi connectivity index (χ0v) is 14.5. The van der Waals surface area contributed by atoms with Crippen LogP contribution in [0.5, 0.6) is 5.75 Å². The Morgan fingerprint density at radius 1 is 1.16 bits per heavy atom. The molecule has 1 aromatic heterocycles. The van der Waals surface area contributed by atoms with Crippen LogP contribution >= 0.6 is 0 Å². The zero-order chi connectivity index (χ0) is 19.0. The molecule has 1 rings (SSSR count). The Morgan fingerprint density at radius 3 is 2.36 bits per heavy atom. The molecule has 8 heteroatoms. The Hall–Kier alpha value is -2.87. The molecule has 1 heterocycles. The van der Waals surface area contributed by atoms with Gasteiger partial charge in [0.25, 0.3) is 0 Å². The van der Waals surface area contributed by atoms with Crippen molar-refractivity contribution in [3.8, 4) is 5.75 Å². The van der Waals surface area contributed by atoms with Gasteiger partial charge in [0.15, 0.2) is 0 Å². The molecule has 25 heavy (non-hydrogen) atoms. The van der Waals surface area contributed by atoms with Gasteiger partial charge in [0.1, 0.15) is 23.7 Å². The second kappa shape index (κ2) is 9.43. The number of methoxy groups -OCH3 is 2. The highest BCUT2D eigenvalue weighted by atomic mass is 16.5. The van der Waals surface area contributed by atoms with E-state index >= 15 is 0 Å². The number of hydrogen-bond acceptors (Lipinski definition) is 8. The first kappa shape index (κ1) is 20.2. The molecule has 0 atom stereocenters. The number of aliphatic hydroxyl groups excluding tert-OH is 1. The molecule has 0 unspecified atom stereocenters. The van der Waals surface area contributed by atoms with Gasteiger partial charge in [0.2, 0.25) is 0 Å². The number of aliphatic hydroxyl groups is 1. The van der Waals surface area contributed by atoms with Crippen molar-refractivity contribution in [3.63, 3.8) is 0 Å². The lowest BCUT2D eigenvalue weighted by atomic mass is 10.1. The van der Waals surface area contributed by atoms with Crippen LogP contribution in [0.2, 0.25) is 0 Å². The molecule has 1 N–H and O–H groups in total. The second-order valence-electron chi connectivity index (χ2n) is 5.09. The van der Waals surface area contributed by atoms with E-state index in [1.54, 1.807) is 13.8 Å². The Balaban J connectivity index is 3.26. The van der Waals surface area contributed by atoms with Crippen molar-refractivity contribution >= 4 is 18.0 Å². The van der Waals surface area contributed by atoms with E-state index in [1.165, 1.54) is 26.4 Å². The minimum Gasteiger partial charge on any atom is -0.496 e. The monoisotopic (exact) mass is 352 g/mol. The van der Waals surface area contributed by atoms with Gasteiger partial charge in [-0.25, -0.2) is 14.4 Å². The Kier molecular flexibility index (Phi) is 7.61. The second-order valence-corrected chi connectivity index (χ2v) is 5.09. The maximum absolute atomic E-state index is 12.2. The van der Waals surface area contributed by atoms with Gasteiger partial charge in [0, 0.05) is 12.2 Å². The van der Waals surface area contributed by atoms with Crippen LogP contribution in [0.1, 0.15) is 30.7 Å². The highest BCUT2D eigenvalue weighted by molar-refractivity contribution is 5.86. The summed E-state index contributed by atoms with van der Waals surface area (Å²) in [4.78, 5) is 34.9. The number of ether oxygens (including phenoxy) is 3. The molecule has 0 aliphatic carbocycles. The third kappa shape index (κ3) is 5.61. The van der Waals surface area contributed by atoms with Gasteiger partial charge in [0.05, 0.1) is 26.4 Å². The van der Waals surface area contributed by atoms with Crippen molar-refractivity contribution < 1.29 is 33.3 Å². The molecule has 0 radical (unpaired) electrons. The van der Waals surface area contributed by atoms with Crippen molar-refractivity contribution in [2.24, 2.45) is 0 Å². The number of esters is 2. The van der Waals surface area contributed by atoms with Crippen molar-refractivity contribution in [2.45, 2.75) is 27.1 Å². The number of hydrogen-bond donors (Lipinski definition) is 1. The van der Waals surface area contributed by atoms with Crippen LogP contribution in [0.3, 0.4) is 0 Å². The van der Waals surface area contributed by atoms with Gasteiger partial charge in [-0.2, -0.15) is 0 Å². The topological polar surface area (TPSA) is 112 Å². The fourth-order valence-corrected chi connectivity index (χ4v) is 1.90. The molecule has 0 bridgehead atoms. The van der Waals surface area contributed by atoms with Crippen molar-refractivity contribution in [1.82, 2.24) is 0 Å². The molecule has 8 nitrogen and oxygen atoms in total. The summed E-state index contributed by atoms with van der Waals surface area (Å²) in [6.45, 7) is 2.54. The molecular weight excluding hydrogens is 332 g/mol. The third-order valence-corrected chi connectivity index (χ3v) is 2.99. The van der Waals surface area contributed by atoms with E-state index in [9.17, 15) is 19.5 Å². The summed E-state index contributed by atoms with van der Waals surface area (Å²) in [5.41, 5.74) is -0.000279. The predicted octanol–water partition coefficient (Wildman–Crippen LogP) is 1.34. The molecular formula is C17H20O8. The van der Waals surface area contributed by atoms with Crippen molar-refractivity contribution in [2.75, 3.05) is 14.2 Å². The zero-order valence-electron chi connectivity index (χ0n) is 14.5. The fraction of sp³-hybridized carbons (Fsp3) is 0.353. The lowest BCUT2D eigenvalue weighted by Gasteiger charge is -2.13. The van der Waals surface area contributed by atoms with E-state index in [4.69, 9.17) is 13.9 Å². The van der Waals surface area contributed by atoms with E-state index in [2.05, 4.69) is 4.74 Å². The molecule has 0 aliphatic rings. The average molecular weight is 352 g/mol. The third-order valence-electron chi connectivity index (χ3n) is 2.99. The molecule has 0 aliphatic heterocycles. The van der Waals surface area contributed by atoms with Gasteiger partial charge in [-0.3, -0.25) is 0 Å². The standard InChI is InChI=1S/C17H20O8/c1-10(2)7-15(20)24-9-12-16(23-4)11(8-18)13(25-17(12)21)5-6-14(19)22-3/h5-7,18H,8-9H2,1-4H3. The smallest absolute Gasteiger partial charge is 0.346 e. The lowest BCUT2D eigenvalue weighted by Crippen LogP contribution is -2.16. The lowest BCUT2D eigenvalue weighted by molar-refractivity contribution is -0.139. The highest BCUT2D eigenvalue weighted by Crippen LogP contribution is 2.26. The summed E-state index contributed by atoms with van der Waals surface area (Å²) >= 11 is 0. The van der Waals surface area contributed by atoms with E-state index in [0.29, 0.717) is 0 Å². The van der Waals surface area contributed by atoms with Gasteiger partial charge in [-0.1, -0.05) is 5.57 Å². The molecule has 1 aromatic rings. The van der Waals surface area contributed by atoms with Gasteiger partial charge in [-0.15, -0.1) is 0 Å².